The number of rotatable bonds is 5. The van der Waals surface area contributed by atoms with E-state index in [9.17, 15) is 23.1 Å². The van der Waals surface area contributed by atoms with Crippen molar-refractivity contribution in [1.82, 2.24) is 9.62 Å². The molecule has 7 nitrogen and oxygen atoms in total. The first-order chi connectivity index (χ1) is 9.99. The van der Waals surface area contributed by atoms with E-state index in [4.69, 9.17) is 0 Å². The van der Waals surface area contributed by atoms with Crippen LogP contribution in [0.5, 0.6) is 0 Å². The fraction of sp³-hybridized carbons (Fsp3) is 0.857. The smallest absolute Gasteiger partial charge is 0.326 e. The standard InChI is InChI=1S/C14H26N2O5S/c1-5-22(20,21)16-8-6-7-10(9-16)12(17)15-11(13(18)19)14(2,3)4/h10-11H,5-9H2,1-4H3,(H,15,17)(H,18,19). The molecule has 0 aromatic rings. The lowest BCUT2D eigenvalue weighted by atomic mass is 9.86. The van der Waals surface area contributed by atoms with Crippen molar-refractivity contribution in [3.8, 4) is 0 Å². The lowest BCUT2D eigenvalue weighted by molar-refractivity contribution is -0.145. The Kier molecular flexibility index (Phi) is 5.97. The summed E-state index contributed by atoms with van der Waals surface area (Å²) >= 11 is 0. The lowest BCUT2D eigenvalue weighted by Crippen LogP contribution is -2.53. The van der Waals surface area contributed by atoms with Gasteiger partial charge >= 0.3 is 5.97 Å². The van der Waals surface area contributed by atoms with Gasteiger partial charge in [0.2, 0.25) is 15.9 Å². The maximum Gasteiger partial charge on any atom is 0.326 e. The van der Waals surface area contributed by atoms with E-state index in [2.05, 4.69) is 5.32 Å². The van der Waals surface area contributed by atoms with Gasteiger partial charge in [0.1, 0.15) is 6.04 Å². The fourth-order valence-electron chi connectivity index (χ4n) is 2.50. The van der Waals surface area contributed by atoms with E-state index >= 15 is 0 Å². The molecule has 1 rings (SSSR count). The van der Waals surface area contributed by atoms with Crippen molar-refractivity contribution in [2.45, 2.75) is 46.6 Å². The Morgan fingerprint density at radius 2 is 1.95 bits per heavy atom. The van der Waals surface area contributed by atoms with E-state index in [0.717, 1.165) is 0 Å². The molecule has 128 valence electrons. The number of sulfonamides is 1. The minimum absolute atomic E-state index is 0.00107. The van der Waals surface area contributed by atoms with Gasteiger partial charge in [0.25, 0.3) is 0 Å². The molecule has 1 heterocycles. The predicted octanol–water partition coefficient (Wildman–Crippen LogP) is 0.664. The summed E-state index contributed by atoms with van der Waals surface area (Å²) in [6, 6.07) is -1.00. The zero-order chi connectivity index (χ0) is 17.1. The molecule has 1 aliphatic rings. The highest BCUT2D eigenvalue weighted by atomic mass is 32.2. The third-order valence-electron chi connectivity index (χ3n) is 3.91. The van der Waals surface area contributed by atoms with Gasteiger partial charge < -0.3 is 10.4 Å². The highest BCUT2D eigenvalue weighted by Crippen LogP contribution is 2.23. The molecule has 0 bridgehead atoms. The zero-order valence-corrected chi connectivity index (χ0v) is 14.4. The average Bonchev–Trinajstić information content (AvgIpc) is 2.43. The number of amides is 1. The van der Waals surface area contributed by atoms with E-state index in [1.165, 1.54) is 4.31 Å². The fourth-order valence-corrected chi connectivity index (χ4v) is 3.68. The van der Waals surface area contributed by atoms with Crippen LogP contribution in [0.1, 0.15) is 40.5 Å². The van der Waals surface area contributed by atoms with Gasteiger partial charge in [0, 0.05) is 13.1 Å². The molecule has 1 saturated heterocycles. The van der Waals surface area contributed by atoms with Crippen LogP contribution >= 0.6 is 0 Å². The number of carbonyl (C=O) groups excluding carboxylic acids is 1. The first-order valence-corrected chi connectivity index (χ1v) is 9.11. The number of carboxylic acids is 1. The van der Waals surface area contributed by atoms with Gasteiger partial charge in [0.15, 0.2) is 0 Å². The van der Waals surface area contributed by atoms with Gasteiger partial charge in [0.05, 0.1) is 11.7 Å². The number of carbonyl (C=O) groups is 2. The lowest BCUT2D eigenvalue weighted by Gasteiger charge is -2.33. The molecule has 22 heavy (non-hydrogen) atoms. The van der Waals surface area contributed by atoms with Crippen molar-refractivity contribution in [3.63, 3.8) is 0 Å². The third kappa shape index (κ3) is 4.67. The van der Waals surface area contributed by atoms with Crippen molar-refractivity contribution in [2.75, 3.05) is 18.8 Å². The van der Waals surface area contributed by atoms with E-state index in [-0.39, 0.29) is 12.3 Å². The van der Waals surface area contributed by atoms with Gasteiger partial charge in [-0.1, -0.05) is 20.8 Å². The van der Waals surface area contributed by atoms with Gasteiger partial charge in [-0.3, -0.25) is 4.79 Å². The first kappa shape index (κ1) is 18.9. The van der Waals surface area contributed by atoms with Gasteiger partial charge in [-0.2, -0.15) is 0 Å². The summed E-state index contributed by atoms with van der Waals surface area (Å²) in [7, 11) is -3.32. The van der Waals surface area contributed by atoms with Crippen LogP contribution in [-0.4, -0.2) is 54.6 Å². The number of hydrogen-bond donors (Lipinski definition) is 2. The molecular formula is C14H26N2O5S. The van der Waals surface area contributed by atoms with Crippen LogP contribution in [-0.2, 0) is 19.6 Å². The summed E-state index contributed by atoms with van der Waals surface area (Å²) in [5.41, 5.74) is -0.620. The maximum atomic E-state index is 12.3. The number of hydrogen-bond acceptors (Lipinski definition) is 4. The summed E-state index contributed by atoms with van der Waals surface area (Å²) < 4.78 is 25.2. The molecule has 0 aliphatic carbocycles. The van der Waals surface area contributed by atoms with Crippen LogP contribution in [0.2, 0.25) is 0 Å². The Bertz CT molecular complexity index is 524. The largest absolute Gasteiger partial charge is 0.480 e. The monoisotopic (exact) mass is 334 g/mol. The van der Waals surface area contributed by atoms with Crippen LogP contribution in [0.4, 0.5) is 0 Å². The Hall–Kier alpha value is -1.15. The number of aliphatic carboxylic acids is 1. The number of piperidine rings is 1. The van der Waals surface area contributed by atoms with E-state index in [0.29, 0.717) is 19.4 Å². The Morgan fingerprint density at radius 1 is 1.36 bits per heavy atom. The molecular weight excluding hydrogens is 308 g/mol. The van der Waals surface area contributed by atoms with Gasteiger partial charge in [-0.25, -0.2) is 17.5 Å². The van der Waals surface area contributed by atoms with E-state index in [1.54, 1.807) is 27.7 Å². The van der Waals surface area contributed by atoms with Gasteiger partial charge in [-0.15, -0.1) is 0 Å². The third-order valence-corrected chi connectivity index (χ3v) is 5.76. The molecule has 2 N–H and O–H groups in total. The second kappa shape index (κ2) is 6.95. The van der Waals surface area contributed by atoms with Crippen molar-refractivity contribution < 1.29 is 23.1 Å². The molecule has 0 spiro atoms. The quantitative estimate of drug-likeness (QED) is 0.769. The second-order valence-electron chi connectivity index (χ2n) is 6.74. The highest BCUT2D eigenvalue weighted by molar-refractivity contribution is 7.89. The first-order valence-electron chi connectivity index (χ1n) is 7.50. The number of nitrogens with one attached hydrogen (secondary N) is 1. The molecule has 0 aromatic carbocycles. The Balaban J connectivity index is 2.79. The van der Waals surface area contributed by atoms with Crippen LogP contribution < -0.4 is 5.32 Å². The normalized spacial score (nSPS) is 22.1. The van der Waals surface area contributed by atoms with Crippen LogP contribution in [0.25, 0.3) is 0 Å². The Labute approximate surface area is 132 Å². The van der Waals surface area contributed by atoms with Crippen molar-refractivity contribution >= 4 is 21.9 Å². The summed E-state index contributed by atoms with van der Waals surface area (Å²) in [5.74, 6) is -1.98. The highest BCUT2D eigenvalue weighted by Gasteiger charge is 2.36. The van der Waals surface area contributed by atoms with Crippen molar-refractivity contribution in [1.29, 1.82) is 0 Å². The molecule has 2 unspecified atom stereocenters. The topological polar surface area (TPSA) is 104 Å². The minimum Gasteiger partial charge on any atom is -0.480 e. The molecule has 0 aromatic heterocycles. The molecule has 2 atom stereocenters. The average molecular weight is 334 g/mol. The molecule has 1 amide bonds. The maximum absolute atomic E-state index is 12.3. The van der Waals surface area contributed by atoms with Crippen LogP contribution in [0.15, 0.2) is 0 Å². The molecule has 8 heteroatoms. The number of carboxylic acid groups (broad SMARTS) is 1. The summed E-state index contributed by atoms with van der Waals surface area (Å²) in [4.78, 5) is 23.6. The van der Waals surface area contributed by atoms with E-state index < -0.39 is 39.3 Å². The molecule has 1 fully saturated rings. The minimum atomic E-state index is -3.32. The molecule has 1 aliphatic heterocycles. The second-order valence-corrected chi connectivity index (χ2v) is 9.00. The van der Waals surface area contributed by atoms with Crippen molar-refractivity contribution in [2.24, 2.45) is 11.3 Å². The predicted molar refractivity (Wildman–Crippen MR) is 82.8 cm³/mol. The molecule has 0 radical (unpaired) electrons. The number of nitrogens with zero attached hydrogens (tertiary/aromatic N) is 1. The zero-order valence-electron chi connectivity index (χ0n) is 13.6. The Morgan fingerprint density at radius 3 is 2.41 bits per heavy atom. The summed E-state index contributed by atoms with van der Waals surface area (Å²) in [6.07, 6.45) is 1.17. The van der Waals surface area contributed by atoms with E-state index in [1.807, 2.05) is 0 Å². The SMILES string of the molecule is CCS(=O)(=O)N1CCCC(C(=O)NC(C(=O)O)C(C)(C)C)C1. The van der Waals surface area contributed by atoms with Crippen molar-refractivity contribution in [3.05, 3.63) is 0 Å². The van der Waals surface area contributed by atoms with Crippen LogP contribution in [0, 0.1) is 11.3 Å². The summed E-state index contributed by atoms with van der Waals surface area (Å²) in [5, 5.41) is 11.8. The summed E-state index contributed by atoms with van der Waals surface area (Å²) in [6.45, 7) is 7.32. The molecule has 0 saturated carbocycles. The van der Waals surface area contributed by atoms with Crippen LogP contribution in [0.3, 0.4) is 0 Å². The van der Waals surface area contributed by atoms with Gasteiger partial charge in [-0.05, 0) is 25.2 Å².